The lowest BCUT2D eigenvalue weighted by Gasteiger charge is -2.22. The van der Waals surface area contributed by atoms with Crippen LogP contribution in [0.25, 0.3) is 71.7 Å². The standard InChI is InChI=1S/C44H30N2O2/c1-29(47)45(35-25-20-31(21-26-35)36-14-9-15-39-38-13-6-8-17-43(38)48-44(36)39)34-23-18-30(19-24-34)32-22-27-42-40(28-32)37-12-5-7-16-41(37)46(42)33-10-3-2-4-11-33/h2-28H,1H3. The summed E-state index contributed by atoms with van der Waals surface area (Å²) in [6, 6.07) is 56.4. The Kier molecular flexibility index (Phi) is 6.47. The molecule has 1 amide bonds. The largest absolute Gasteiger partial charge is 0.455 e. The number of aromatic nitrogens is 1. The Labute approximate surface area is 277 Å². The van der Waals surface area contributed by atoms with Crippen LogP contribution < -0.4 is 4.90 Å². The van der Waals surface area contributed by atoms with Gasteiger partial charge in [-0.1, -0.05) is 103 Å². The van der Waals surface area contributed by atoms with Crippen molar-refractivity contribution in [2.45, 2.75) is 6.92 Å². The van der Waals surface area contributed by atoms with Crippen molar-refractivity contribution in [3.8, 4) is 27.9 Å². The van der Waals surface area contributed by atoms with Gasteiger partial charge in [0.15, 0.2) is 0 Å². The normalized spacial score (nSPS) is 11.5. The maximum Gasteiger partial charge on any atom is 0.228 e. The smallest absolute Gasteiger partial charge is 0.228 e. The number of benzene rings is 7. The van der Waals surface area contributed by atoms with Gasteiger partial charge in [0.25, 0.3) is 0 Å². The van der Waals surface area contributed by atoms with Crippen molar-refractivity contribution in [2.75, 3.05) is 4.90 Å². The molecule has 2 heterocycles. The van der Waals surface area contributed by atoms with Crippen molar-refractivity contribution in [3.05, 3.63) is 164 Å². The van der Waals surface area contributed by atoms with Gasteiger partial charge < -0.3 is 8.98 Å². The van der Waals surface area contributed by atoms with E-state index in [0.717, 1.165) is 61.3 Å². The molecule has 0 saturated heterocycles. The zero-order chi connectivity index (χ0) is 32.2. The summed E-state index contributed by atoms with van der Waals surface area (Å²) in [5, 5.41) is 4.63. The van der Waals surface area contributed by atoms with Gasteiger partial charge in [-0.05, 0) is 77.4 Å². The summed E-state index contributed by atoms with van der Waals surface area (Å²) in [5.41, 5.74) is 11.2. The zero-order valence-corrected chi connectivity index (χ0v) is 26.3. The van der Waals surface area contributed by atoms with Gasteiger partial charge in [-0.2, -0.15) is 0 Å². The second kappa shape index (κ2) is 11.1. The Morgan fingerprint density at radius 2 is 1.12 bits per heavy atom. The average Bonchev–Trinajstić information content (AvgIpc) is 3.68. The SMILES string of the molecule is CC(=O)N(c1ccc(-c2ccc3c(c2)c2ccccc2n3-c2ccccc2)cc1)c1ccc(-c2cccc3c2oc2ccccc23)cc1. The minimum atomic E-state index is -0.0509. The van der Waals surface area contributed by atoms with Crippen LogP contribution in [0.2, 0.25) is 0 Å². The van der Waals surface area contributed by atoms with Crippen LogP contribution in [-0.2, 0) is 4.79 Å². The van der Waals surface area contributed by atoms with Crippen LogP contribution in [0.3, 0.4) is 0 Å². The fraction of sp³-hybridized carbons (Fsp3) is 0.0227. The molecule has 2 aromatic heterocycles. The van der Waals surface area contributed by atoms with Gasteiger partial charge in [0.2, 0.25) is 5.91 Å². The van der Waals surface area contributed by atoms with Crippen LogP contribution in [0.1, 0.15) is 6.92 Å². The Hall–Kier alpha value is -6.39. The first kappa shape index (κ1) is 27.9. The summed E-state index contributed by atoms with van der Waals surface area (Å²) in [6.07, 6.45) is 0. The summed E-state index contributed by atoms with van der Waals surface area (Å²) in [5.74, 6) is -0.0509. The van der Waals surface area contributed by atoms with Crippen molar-refractivity contribution in [3.63, 3.8) is 0 Å². The van der Waals surface area contributed by atoms with E-state index in [1.54, 1.807) is 11.8 Å². The molecular formula is C44H30N2O2. The number of fused-ring (bicyclic) bond motifs is 6. The van der Waals surface area contributed by atoms with E-state index in [-0.39, 0.29) is 5.91 Å². The molecule has 9 aromatic rings. The number of carbonyl (C=O) groups is 1. The molecule has 228 valence electrons. The number of hydrogen-bond acceptors (Lipinski definition) is 2. The first-order valence-corrected chi connectivity index (χ1v) is 16.1. The molecule has 4 nitrogen and oxygen atoms in total. The number of para-hydroxylation sites is 4. The summed E-state index contributed by atoms with van der Waals surface area (Å²) >= 11 is 0. The Morgan fingerprint density at radius 3 is 1.88 bits per heavy atom. The van der Waals surface area contributed by atoms with Crippen molar-refractivity contribution in [1.82, 2.24) is 4.57 Å². The molecule has 0 unspecified atom stereocenters. The Bertz CT molecular complexity index is 2630. The van der Waals surface area contributed by atoms with Gasteiger partial charge in [0.1, 0.15) is 11.2 Å². The lowest BCUT2D eigenvalue weighted by molar-refractivity contribution is -0.115. The molecule has 0 aliphatic carbocycles. The summed E-state index contributed by atoms with van der Waals surface area (Å²) in [6.45, 7) is 1.60. The lowest BCUT2D eigenvalue weighted by atomic mass is 10.0. The second-order valence-corrected chi connectivity index (χ2v) is 12.1. The maximum atomic E-state index is 13.0. The molecule has 0 aliphatic heterocycles. The van der Waals surface area contributed by atoms with E-state index in [1.165, 1.54) is 21.8 Å². The lowest BCUT2D eigenvalue weighted by Crippen LogP contribution is -2.22. The van der Waals surface area contributed by atoms with Gasteiger partial charge in [-0.25, -0.2) is 0 Å². The summed E-state index contributed by atoms with van der Waals surface area (Å²) in [7, 11) is 0. The quantitative estimate of drug-likeness (QED) is 0.192. The fourth-order valence-corrected chi connectivity index (χ4v) is 7.09. The van der Waals surface area contributed by atoms with E-state index >= 15 is 0 Å². The predicted molar refractivity (Wildman–Crippen MR) is 198 cm³/mol. The monoisotopic (exact) mass is 618 g/mol. The van der Waals surface area contributed by atoms with Gasteiger partial charge in [-0.3, -0.25) is 9.69 Å². The van der Waals surface area contributed by atoms with E-state index < -0.39 is 0 Å². The van der Waals surface area contributed by atoms with Crippen LogP contribution in [0.5, 0.6) is 0 Å². The molecule has 0 spiro atoms. The second-order valence-electron chi connectivity index (χ2n) is 12.1. The number of anilines is 2. The first-order valence-electron chi connectivity index (χ1n) is 16.1. The molecule has 0 atom stereocenters. The third-order valence-corrected chi connectivity index (χ3v) is 9.30. The van der Waals surface area contributed by atoms with Gasteiger partial charge in [0.05, 0.1) is 11.0 Å². The molecule has 48 heavy (non-hydrogen) atoms. The molecule has 7 aromatic carbocycles. The highest BCUT2D eigenvalue weighted by Crippen LogP contribution is 2.38. The van der Waals surface area contributed by atoms with E-state index in [4.69, 9.17) is 4.42 Å². The van der Waals surface area contributed by atoms with Crippen LogP contribution in [0.4, 0.5) is 11.4 Å². The van der Waals surface area contributed by atoms with Crippen molar-refractivity contribution in [1.29, 1.82) is 0 Å². The van der Waals surface area contributed by atoms with E-state index in [2.05, 4.69) is 120 Å². The van der Waals surface area contributed by atoms with Gasteiger partial charge in [-0.15, -0.1) is 0 Å². The number of nitrogens with zero attached hydrogens (tertiary/aromatic N) is 2. The fourth-order valence-electron chi connectivity index (χ4n) is 7.09. The Morgan fingerprint density at radius 1 is 0.521 bits per heavy atom. The van der Waals surface area contributed by atoms with Gasteiger partial charge in [0, 0.05) is 51.1 Å². The molecule has 0 fully saturated rings. The van der Waals surface area contributed by atoms with Crippen molar-refractivity contribution >= 4 is 61.0 Å². The van der Waals surface area contributed by atoms with Gasteiger partial charge >= 0.3 is 0 Å². The highest BCUT2D eigenvalue weighted by Gasteiger charge is 2.17. The average molecular weight is 619 g/mol. The molecule has 9 rings (SSSR count). The molecular weight excluding hydrogens is 588 g/mol. The number of carbonyl (C=O) groups excluding carboxylic acids is 1. The zero-order valence-electron chi connectivity index (χ0n) is 26.3. The van der Waals surface area contributed by atoms with Crippen LogP contribution in [0, 0.1) is 0 Å². The van der Waals surface area contributed by atoms with E-state index in [1.807, 2.05) is 48.5 Å². The number of furan rings is 1. The summed E-state index contributed by atoms with van der Waals surface area (Å²) < 4.78 is 8.60. The van der Waals surface area contributed by atoms with Crippen molar-refractivity contribution in [2.24, 2.45) is 0 Å². The minimum absolute atomic E-state index is 0.0509. The third-order valence-electron chi connectivity index (χ3n) is 9.30. The summed E-state index contributed by atoms with van der Waals surface area (Å²) in [4.78, 5) is 14.8. The highest BCUT2D eigenvalue weighted by atomic mass is 16.3. The van der Waals surface area contributed by atoms with Crippen LogP contribution in [0.15, 0.2) is 168 Å². The topological polar surface area (TPSA) is 38.4 Å². The molecule has 4 heteroatoms. The van der Waals surface area contributed by atoms with E-state index in [0.29, 0.717) is 0 Å². The van der Waals surface area contributed by atoms with Crippen LogP contribution in [-0.4, -0.2) is 10.5 Å². The highest BCUT2D eigenvalue weighted by molar-refractivity contribution is 6.11. The molecule has 0 bridgehead atoms. The molecule has 0 saturated carbocycles. The van der Waals surface area contributed by atoms with Crippen LogP contribution >= 0.6 is 0 Å². The Balaban J connectivity index is 1.05. The predicted octanol–water partition coefficient (Wildman–Crippen LogP) is 11.7. The number of hydrogen-bond donors (Lipinski definition) is 0. The van der Waals surface area contributed by atoms with E-state index in [9.17, 15) is 4.79 Å². The molecule has 0 radical (unpaired) electrons. The molecule has 0 N–H and O–H groups in total. The maximum absolute atomic E-state index is 13.0. The third kappa shape index (κ3) is 4.50. The minimum Gasteiger partial charge on any atom is -0.455 e. The van der Waals surface area contributed by atoms with Crippen molar-refractivity contribution < 1.29 is 9.21 Å². The number of rotatable bonds is 5. The number of amides is 1. The first-order chi connectivity index (χ1) is 23.6. The molecule has 0 aliphatic rings.